The molecule has 27 heavy (non-hydrogen) atoms. The maximum absolute atomic E-state index is 13.2. The van der Waals surface area contributed by atoms with Gasteiger partial charge in [0.1, 0.15) is 5.82 Å². The Kier molecular flexibility index (Phi) is 5.28. The van der Waals surface area contributed by atoms with Crippen LogP contribution in [0.2, 0.25) is 5.02 Å². The van der Waals surface area contributed by atoms with Crippen molar-refractivity contribution in [1.82, 2.24) is 0 Å². The van der Waals surface area contributed by atoms with Crippen LogP contribution in [0, 0.1) is 5.82 Å². The highest BCUT2D eigenvalue weighted by molar-refractivity contribution is 8.14. The standard InChI is InChI=1S/C22H16ClFN2S/c23-17-8-6-16(7-9-17)21-14-20(15-4-2-1-3-5-15)26-22(27-21)25-19-12-10-18(24)11-13-19/h1-14,21H,(H,25,26). The largest absolute Gasteiger partial charge is 0.335 e. The van der Waals surface area contributed by atoms with Crippen LogP contribution >= 0.6 is 23.4 Å². The summed E-state index contributed by atoms with van der Waals surface area (Å²) in [7, 11) is 0. The van der Waals surface area contributed by atoms with Gasteiger partial charge in [-0.05, 0) is 53.6 Å². The van der Waals surface area contributed by atoms with Gasteiger partial charge in [0.25, 0.3) is 0 Å². The molecule has 3 aromatic rings. The van der Waals surface area contributed by atoms with Crippen LogP contribution in [0.15, 0.2) is 89.9 Å². The van der Waals surface area contributed by atoms with Gasteiger partial charge in [-0.25, -0.2) is 9.38 Å². The highest BCUT2D eigenvalue weighted by Gasteiger charge is 2.20. The Morgan fingerprint density at radius 1 is 0.889 bits per heavy atom. The van der Waals surface area contributed by atoms with Crippen LogP contribution in [0.5, 0.6) is 0 Å². The van der Waals surface area contributed by atoms with E-state index in [1.807, 2.05) is 54.6 Å². The highest BCUT2D eigenvalue weighted by atomic mass is 35.5. The molecule has 134 valence electrons. The normalized spacial score (nSPS) is 16.4. The molecule has 4 rings (SSSR count). The van der Waals surface area contributed by atoms with Gasteiger partial charge < -0.3 is 5.32 Å². The minimum Gasteiger partial charge on any atom is -0.335 e. The van der Waals surface area contributed by atoms with Gasteiger partial charge in [-0.15, -0.1) is 0 Å². The molecule has 1 aliphatic heterocycles. The third kappa shape index (κ3) is 4.41. The molecule has 1 atom stereocenters. The first-order valence-electron chi connectivity index (χ1n) is 8.48. The second-order valence-corrected chi connectivity index (χ2v) is 7.62. The molecule has 0 aromatic heterocycles. The summed E-state index contributed by atoms with van der Waals surface area (Å²) in [6, 6.07) is 24.2. The summed E-state index contributed by atoms with van der Waals surface area (Å²) in [4.78, 5) is 4.77. The topological polar surface area (TPSA) is 24.4 Å². The molecule has 0 radical (unpaired) electrons. The number of nitrogens with zero attached hydrogens (tertiary/aromatic N) is 1. The van der Waals surface area contributed by atoms with Crippen LogP contribution in [0.4, 0.5) is 10.1 Å². The number of hydrogen-bond donors (Lipinski definition) is 1. The third-order valence-electron chi connectivity index (χ3n) is 4.13. The zero-order chi connectivity index (χ0) is 18.6. The first-order chi connectivity index (χ1) is 13.2. The van der Waals surface area contributed by atoms with Crippen LogP contribution in [0.3, 0.4) is 0 Å². The molecule has 2 nitrogen and oxygen atoms in total. The van der Waals surface area contributed by atoms with Crippen molar-refractivity contribution in [2.75, 3.05) is 5.32 Å². The Hall–Kier alpha value is -2.56. The molecule has 1 unspecified atom stereocenters. The molecule has 0 fully saturated rings. The van der Waals surface area contributed by atoms with Crippen molar-refractivity contribution in [3.63, 3.8) is 0 Å². The van der Waals surface area contributed by atoms with E-state index in [1.54, 1.807) is 23.9 Å². The zero-order valence-corrected chi connectivity index (χ0v) is 15.8. The van der Waals surface area contributed by atoms with Crippen molar-refractivity contribution in [3.8, 4) is 0 Å². The molecule has 0 aliphatic carbocycles. The predicted octanol–water partition coefficient (Wildman–Crippen LogP) is 6.78. The highest BCUT2D eigenvalue weighted by Crippen LogP contribution is 2.39. The lowest BCUT2D eigenvalue weighted by Crippen LogP contribution is -2.13. The summed E-state index contributed by atoms with van der Waals surface area (Å²) >= 11 is 7.65. The fraction of sp³-hybridized carbons (Fsp3) is 0.0455. The van der Waals surface area contributed by atoms with Crippen molar-refractivity contribution < 1.29 is 4.39 Å². The number of aliphatic imine (C=N–C) groups is 1. The van der Waals surface area contributed by atoms with Gasteiger partial charge in [-0.3, -0.25) is 0 Å². The molecule has 0 amide bonds. The van der Waals surface area contributed by atoms with E-state index in [-0.39, 0.29) is 11.1 Å². The maximum Gasteiger partial charge on any atom is 0.167 e. The van der Waals surface area contributed by atoms with Gasteiger partial charge in [0, 0.05) is 10.7 Å². The van der Waals surface area contributed by atoms with Crippen molar-refractivity contribution >= 4 is 39.9 Å². The Bertz CT molecular complexity index is 983. The molecule has 0 spiro atoms. The van der Waals surface area contributed by atoms with E-state index in [2.05, 4.69) is 11.4 Å². The molecule has 0 saturated heterocycles. The molecular formula is C22H16ClFN2S. The van der Waals surface area contributed by atoms with Gasteiger partial charge in [0.2, 0.25) is 0 Å². The summed E-state index contributed by atoms with van der Waals surface area (Å²) in [6.07, 6.45) is 2.15. The van der Waals surface area contributed by atoms with Gasteiger partial charge in [0.05, 0.1) is 10.9 Å². The Balaban J connectivity index is 1.68. The minimum atomic E-state index is -0.261. The third-order valence-corrected chi connectivity index (χ3v) is 5.46. The van der Waals surface area contributed by atoms with E-state index in [9.17, 15) is 4.39 Å². The summed E-state index contributed by atoms with van der Waals surface area (Å²) in [6.45, 7) is 0. The molecular weight excluding hydrogens is 379 g/mol. The molecule has 1 N–H and O–H groups in total. The molecule has 1 heterocycles. The van der Waals surface area contributed by atoms with E-state index in [4.69, 9.17) is 16.6 Å². The number of thioether (sulfide) groups is 1. The van der Waals surface area contributed by atoms with Gasteiger partial charge in [0.15, 0.2) is 5.17 Å². The SMILES string of the molecule is Fc1ccc(NC2=NC(c3ccccc3)=CC(c3ccc(Cl)cc3)S2)cc1. The number of benzene rings is 3. The van der Waals surface area contributed by atoms with Crippen molar-refractivity contribution in [1.29, 1.82) is 0 Å². The van der Waals surface area contributed by atoms with E-state index in [0.717, 1.165) is 27.7 Å². The van der Waals surface area contributed by atoms with Gasteiger partial charge in [-0.1, -0.05) is 65.8 Å². The van der Waals surface area contributed by atoms with Gasteiger partial charge >= 0.3 is 0 Å². The van der Waals surface area contributed by atoms with Crippen molar-refractivity contribution in [2.24, 2.45) is 4.99 Å². The number of halogens is 2. The molecule has 3 aromatic carbocycles. The summed E-state index contributed by atoms with van der Waals surface area (Å²) in [5.41, 5.74) is 3.90. The van der Waals surface area contributed by atoms with E-state index in [1.165, 1.54) is 12.1 Å². The van der Waals surface area contributed by atoms with E-state index < -0.39 is 0 Å². The number of rotatable bonds is 3. The van der Waals surface area contributed by atoms with Crippen LogP contribution in [0.25, 0.3) is 5.70 Å². The zero-order valence-electron chi connectivity index (χ0n) is 14.3. The lowest BCUT2D eigenvalue weighted by atomic mass is 10.1. The smallest absolute Gasteiger partial charge is 0.167 e. The first kappa shape index (κ1) is 17.8. The number of nitrogens with one attached hydrogen (secondary N) is 1. The van der Waals surface area contributed by atoms with E-state index in [0.29, 0.717) is 5.02 Å². The summed E-state index contributed by atoms with van der Waals surface area (Å²) in [5.74, 6) is -0.261. The van der Waals surface area contributed by atoms with Crippen molar-refractivity contribution in [2.45, 2.75) is 5.25 Å². The van der Waals surface area contributed by atoms with Crippen LogP contribution in [0.1, 0.15) is 16.4 Å². The Morgan fingerprint density at radius 3 is 2.30 bits per heavy atom. The molecule has 1 aliphatic rings. The lowest BCUT2D eigenvalue weighted by molar-refractivity contribution is 0.628. The number of hydrogen-bond acceptors (Lipinski definition) is 3. The summed E-state index contributed by atoms with van der Waals surface area (Å²) < 4.78 is 13.2. The average Bonchev–Trinajstić information content (AvgIpc) is 2.71. The van der Waals surface area contributed by atoms with Crippen LogP contribution in [-0.4, -0.2) is 5.17 Å². The van der Waals surface area contributed by atoms with Gasteiger partial charge in [-0.2, -0.15) is 0 Å². The average molecular weight is 395 g/mol. The fourth-order valence-corrected chi connectivity index (χ4v) is 3.96. The maximum atomic E-state index is 13.2. The molecule has 0 saturated carbocycles. The lowest BCUT2D eigenvalue weighted by Gasteiger charge is -2.22. The predicted molar refractivity (Wildman–Crippen MR) is 114 cm³/mol. The Morgan fingerprint density at radius 2 is 1.59 bits per heavy atom. The summed E-state index contributed by atoms with van der Waals surface area (Å²) in [5, 5.41) is 4.87. The van der Waals surface area contributed by atoms with Crippen LogP contribution in [-0.2, 0) is 0 Å². The first-order valence-corrected chi connectivity index (χ1v) is 9.74. The number of anilines is 1. The van der Waals surface area contributed by atoms with E-state index >= 15 is 0 Å². The quantitative estimate of drug-likeness (QED) is 0.529. The monoisotopic (exact) mass is 394 g/mol. The second kappa shape index (κ2) is 7.99. The molecule has 0 bridgehead atoms. The molecule has 5 heteroatoms. The van der Waals surface area contributed by atoms with Crippen molar-refractivity contribution in [3.05, 3.63) is 107 Å². The number of amidine groups is 1. The Labute approximate surface area is 166 Å². The second-order valence-electron chi connectivity index (χ2n) is 6.06. The van der Waals surface area contributed by atoms with Crippen LogP contribution < -0.4 is 5.32 Å². The fourth-order valence-electron chi connectivity index (χ4n) is 2.77. The minimum absolute atomic E-state index is 0.0953.